The second-order valence-corrected chi connectivity index (χ2v) is 12.5. The van der Waals surface area contributed by atoms with Crippen molar-refractivity contribution in [2.45, 2.75) is 90.4 Å². The van der Waals surface area contributed by atoms with Gasteiger partial charge in [-0.25, -0.2) is 9.97 Å². The standard InChI is InChI=1S/C26H30F6N6.C7H12O4/c1-4-21-9-23(10-22(5-2)36-21)38(24-33-11-17(12-34-24)18-13-35-37(3)15-18)14-16-6-19(25(27,28)29)8-20(7-16)26(30,31)32;1-7(2,4-11-5-8)6(9)10-3/h6-8,11-13,15,21-23,36H,4-5,9-10,14H2,1-3H3;5H,4H2,1-3H3/t21-,22+,23?;. The van der Waals surface area contributed by atoms with Crippen LogP contribution in [0.5, 0.6) is 0 Å². The Kier molecular flexibility index (Phi) is 13.2. The lowest BCUT2D eigenvalue weighted by molar-refractivity contribution is -0.155. The van der Waals surface area contributed by atoms with Crippen molar-refractivity contribution in [3.8, 4) is 11.1 Å². The molecule has 1 N–H and O–H groups in total. The van der Waals surface area contributed by atoms with Crippen LogP contribution in [0.1, 0.15) is 70.1 Å². The van der Waals surface area contributed by atoms with E-state index in [9.17, 15) is 35.9 Å². The van der Waals surface area contributed by atoms with Crippen LogP contribution in [0.25, 0.3) is 11.1 Å². The molecule has 0 radical (unpaired) electrons. The van der Waals surface area contributed by atoms with E-state index in [0.29, 0.717) is 24.9 Å². The van der Waals surface area contributed by atoms with Gasteiger partial charge in [0.25, 0.3) is 6.47 Å². The number of esters is 1. The lowest BCUT2D eigenvalue weighted by Gasteiger charge is -2.41. The SMILES string of the molecule is CC[C@@H]1CC(N(Cc2cc(C(F)(F)F)cc(C(F)(F)F)c2)c2ncc(-c3cnn(C)c3)cn2)C[C@H](CC)N1.COC(=O)C(C)(C)COC=O. The Morgan fingerprint density at radius 2 is 1.51 bits per heavy atom. The summed E-state index contributed by atoms with van der Waals surface area (Å²) in [5, 5.41) is 7.70. The van der Waals surface area contributed by atoms with E-state index >= 15 is 0 Å². The van der Waals surface area contributed by atoms with Crippen LogP contribution < -0.4 is 10.2 Å². The molecule has 2 aromatic heterocycles. The number of anilines is 1. The van der Waals surface area contributed by atoms with Gasteiger partial charge in [-0.2, -0.15) is 31.4 Å². The Balaban J connectivity index is 0.000000509. The third kappa shape index (κ3) is 10.9. The number of nitrogens with one attached hydrogen (secondary N) is 1. The number of carbonyl (C=O) groups excluding carboxylic acids is 2. The molecule has 49 heavy (non-hydrogen) atoms. The molecule has 270 valence electrons. The number of methoxy groups -OCH3 is 1. The predicted octanol–water partition coefficient (Wildman–Crippen LogP) is 6.59. The minimum absolute atomic E-state index is 0.0448. The summed E-state index contributed by atoms with van der Waals surface area (Å²) in [5.74, 6) is -0.139. The summed E-state index contributed by atoms with van der Waals surface area (Å²) in [6.45, 7) is 7.52. The van der Waals surface area contributed by atoms with Crippen LogP contribution in [0.4, 0.5) is 32.3 Å². The van der Waals surface area contributed by atoms with Gasteiger partial charge in [-0.1, -0.05) is 13.8 Å². The van der Waals surface area contributed by atoms with Gasteiger partial charge in [0.05, 0.1) is 29.8 Å². The number of halogens is 6. The maximum atomic E-state index is 13.5. The molecule has 1 unspecified atom stereocenters. The van der Waals surface area contributed by atoms with Crippen molar-refractivity contribution >= 4 is 18.4 Å². The van der Waals surface area contributed by atoms with Crippen molar-refractivity contribution in [2.24, 2.45) is 12.5 Å². The first-order chi connectivity index (χ1) is 22.9. The summed E-state index contributed by atoms with van der Waals surface area (Å²) in [6.07, 6.45) is -0.213. The largest absolute Gasteiger partial charge is 0.469 e. The number of piperidine rings is 1. The molecule has 0 aliphatic carbocycles. The molecule has 0 saturated carbocycles. The highest BCUT2D eigenvalue weighted by Gasteiger charge is 2.38. The predicted molar refractivity (Wildman–Crippen MR) is 169 cm³/mol. The number of rotatable bonds is 11. The molecule has 3 aromatic rings. The number of carbonyl (C=O) groups is 2. The Bertz CT molecular complexity index is 1480. The molecule has 1 aromatic carbocycles. The van der Waals surface area contributed by atoms with Crippen molar-refractivity contribution in [2.75, 3.05) is 18.6 Å². The topological polar surface area (TPSA) is 111 Å². The van der Waals surface area contributed by atoms with Crippen molar-refractivity contribution in [3.63, 3.8) is 0 Å². The Morgan fingerprint density at radius 3 is 1.94 bits per heavy atom. The van der Waals surface area contributed by atoms with E-state index in [2.05, 4.69) is 29.9 Å². The minimum atomic E-state index is -4.92. The van der Waals surface area contributed by atoms with E-state index in [-0.39, 0.29) is 54.8 Å². The normalized spacial score (nSPS) is 18.2. The van der Waals surface area contributed by atoms with Crippen LogP contribution in [0.15, 0.2) is 43.0 Å². The molecule has 0 amide bonds. The van der Waals surface area contributed by atoms with Crippen LogP contribution in [-0.2, 0) is 45.0 Å². The smallest absolute Gasteiger partial charge is 0.416 e. The first-order valence-corrected chi connectivity index (χ1v) is 15.7. The zero-order valence-electron chi connectivity index (χ0n) is 28.2. The second-order valence-electron chi connectivity index (χ2n) is 12.5. The molecular formula is C33H42F6N6O4. The van der Waals surface area contributed by atoms with Crippen molar-refractivity contribution in [1.29, 1.82) is 0 Å². The Morgan fingerprint density at radius 1 is 0.959 bits per heavy atom. The van der Waals surface area contributed by atoms with Gasteiger partial charge in [-0.3, -0.25) is 14.3 Å². The van der Waals surface area contributed by atoms with E-state index in [4.69, 9.17) is 0 Å². The molecule has 4 rings (SSSR count). The molecule has 10 nitrogen and oxygen atoms in total. The van der Waals surface area contributed by atoms with E-state index < -0.39 is 28.9 Å². The van der Waals surface area contributed by atoms with E-state index in [0.717, 1.165) is 30.5 Å². The zero-order chi connectivity index (χ0) is 36.6. The fraction of sp³-hybridized carbons (Fsp3) is 0.545. The van der Waals surface area contributed by atoms with Gasteiger partial charge in [0.1, 0.15) is 6.61 Å². The second kappa shape index (κ2) is 16.5. The fourth-order valence-electron chi connectivity index (χ4n) is 5.48. The lowest BCUT2D eigenvalue weighted by Crippen LogP contribution is -2.52. The molecule has 3 atom stereocenters. The number of hydrogen-bond acceptors (Lipinski definition) is 9. The van der Waals surface area contributed by atoms with Crippen molar-refractivity contribution in [1.82, 2.24) is 25.1 Å². The Labute approximate surface area is 281 Å². The highest BCUT2D eigenvalue weighted by molar-refractivity contribution is 5.76. The van der Waals surface area contributed by atoms with Gasteiger partial charge in [-0.15, -0.1) is 0 Å². The summed E-state index contributed by atoms with van der Waals surface area (Å²) in [6, 6.07) is 1.84. The first-order valence-electron chi connectivity index (χ1n) is 15.7. The van der Waals surface area contributed by atoms with E-state index in [1.165, 1.54) is 7.11 Å². The van der Waals surface area contributed by atoms with Crippen LogP contribution in [0.3, 0.4) is 0 Å². The number of benzene rings is 1. The molecule has 16 heteroatoms. The molecule has 0 spiro atoms. The summed E-state index contributed by atoms with van der Waals surface area (Å²) < 4.78 is 91.7. The summed E-state index contributed by atoms with van der Waals surface area (Å²) >= 11 is 0. The molecule has 1 fully saturated rings. The first kappa shape index (κ1) is 39.2. The van der Waals surface area contributed by atoms with E-state index in [1.807, 2.05) is 13.8 Å². The molecule has 1 aliphatic rings. The van der Waals surface area contributed by atoms with Crippen molar-refractivity contribution in [3.05, 3.63) is 59.7 Å². The third-order valence-corrected chi connectivity index (χ3v) is 8.19. The monoisotopic (exact) mass is 700 g/mol. The molecule has 3 heterocycles. The number of alkyl halides is 6. The maximum Gasteiger partial charge on any atom is 0.416 e. The van der Waals surface area contributed by atoms with Crippen LogP contribution in [0.2, 0.25) is 0 Å². The third-order valence-electron chi connectivity index (χ3n) is 8.19. The molecule has 0 bridgehead atoms. The molecular weight excluding hydrogens is 658 g/mol. The van der Waals surface area contributed by atoms with Crippen LogP contribution in [-0.4, -0.2) is 64.0 Å². The van der Waals surface area contributed by atoms with Gasteiger partial charge >= 0.3 is 18.3 Å². The molecule has 1 aliphatic heterocycles. The average Bonchev–Trinajstić information content (AvgIpc) is 3.51. The van der Waals surface area contributed by atoms with Crippen molar-refractivity contribution < 1.29 is 45.4 Å². The Hall–Kier alpha value is -4.21. The maximum absolute atomic E-state index is 13.5. The number of aromatic nitrogens is 4. The fourth-order valence-corrected chi connectivity index (χ4v) is 5.48. The summed E-state index contributed by atoms with van der Waals surface area (Å²) in [4.78, 5) is 31.4. The minimum Gasteiger partial charge on any atom is -0.469 e. The highest BCUT2D eigenvalue weighted by atomic mass is 19.4. The van der Waals surface area contributed by atoms with Crippen LogP contribution in [0, 0.1) is 5.41 Å². The van der Waals surface area contributed by atoms with Gasteiger partial charge in [0.2, 0.25) is 5.95 Å². The van der Waals surface area contributed by atoms with Gasteiger partial charge < -0.3 is 19.7 Å². The number of ether oxygens (including phenoxy) is 2. The van der Waals surface area contributed by atoms with Gasteiger partial charge in [0, 0.05) is 61.4 Å². The quantitative estimate of drug-likeness (QED) is 0.135. The van der Waals surface area contributed by atoms with Crippen LogP contribution >= 0.6 is 0 Å². The number of hydrogen-bond donors (Lipinski definition) is 1. The van der Waals surface area contributed by atoms with E-state index in [1.54, 1.807) is 55.3 Å². The summed E-state index contributed by atoms with van der Waals surface area (Å²) in [5.41, 5.74) is -2.04. The number of aryl methyl sites for hydroxylation is 1. The average molecular weight is 701 g/mol. The van der Waals surface area contributed by atoms with Gasteiger partial charge in [0.15, 0.2) is 0 Å². The zero-order valence-corrected chi connectivity index (χ0v) is 28.2. The van der Waals surface area contributed by atoms with Gasteiger partial charge in [-0.05, 0) is 63.3 Å². The molecule has 1 saturated heterocycles. The highest BCUT2D eigenvalue weighted by Crippen LogP contribution is 2.37. The number of nitrogens with zero attached hydrogens (tertiary/aromatic N) is 5. The summed E-state index contributed by atoms with van der Waals surface area (Å²) in [7, 11) is 3.07. The lowest BCUT2D eigenvalue weighted by atomic mass is 9.89.